The molecule has 2 rings (SSSR count). The minimum absolute atomic E-state index is 0.125. The first-order valence-electron chi connectivity index (χ1n) is 7.57. The molecule has 0 saturated carbocycles. The molecule has 2 aromatic rings. The van der Waals surface area contributed by atoms with E-state index in [2.05, 4.69) is 5.32 Å². The first-order valence-corrected chi connectivity index (χ1v) is 7.95. The second-order valence-electron chi connectivity index (χ2n) is 5.07. The van der Waals surface area contributed by atoms with Crippen LogP contribution in [0.2, 0.25) is 5.02 Å². The molecule has 0 atom stereocenters. The Morgan fingerprint density at radius 1 is 1.17 bits per heavy atom. The molecule has 0 heterocycles. The monoisotopic (exact) mass is 347 g/mol. The van der Waals surface area contributed by atoms with Gasteiger partial charge in [-0.15, -0.1) is 0 Å². The highest BCUT2D eigenvalue weighted by Crippen LogP contribution is 2.31. The van der Waals surface area contributed by atoms with Crippen molar-refractivity contribution in [3.63, 3.8) is 0 Å². The maximum absolute atomic E-state index is 12.6. The van der Waals surface area contributed by atoms with E-state index in [1.165, 1.54) is 12.1 Å². The van der Waals surface area contributed by atoms with Crippen LogP contribution in [0.4, 0.5) is 17.1 Å². The predicted molar refractivity (Wildman–Crippen MR) is 95.1 cm³/mol. The maximum atomic E-state index is 12.6. The van der Waals surface area contributed by atoms with Crippen molar-refractivity contribution in [2.45, 2.75) is 13.8 Å². The van der Waals surface area contributed by atoms with Crippen LogP contribution in [0, 0.1) is 10.1 Å². The van der Waals surface area contributed by atoms with Gasteiger partial charge in [-0.2, -0.15) is 0 Å². The summed E-state index contributed by atoms with van der Waals surface area (Å²) in [6.45, 7) is 4.98. The van der Waals surface area contributed by atoms with Crippen molar-refractivity contribution in [2.24, 2.45) is 0 Å². The quantitative estimate of drug-likeness (QED) is 0.617. The van der Waals surface area contributed by atoms with E-state index >= 15 is 0 Å². The van der Waals surface area contributed by atoms with Crippen LogP contribution in [-0.2, 0) is 0 Å². The normalized spacial score (nSPS) is 10.3. The number of rotatable bonds is 6. The van der Waals surface area contributed by atoms with Crippen LogP contribution < -0.4 is 5.32 Å². The van der Waals surface area contributed by atoms with E-state index in [4.69, 9.17) is 11.6 Å². The first-order chi connectivity index (χ1) is 11.5. The summed E-state index contributed by atoms with van der Waals surface area (Å²) in [6.07, 6.45) is 0. The van der Waals surface area contributed by atoms with E-state index in [1.807, 2.05) is 13.8 Å². The highest BCUT2D eigenvalue weighted by molar-refractivity contribution is 6.31. The van der Waals surface area contributed by atoms with Crippen LogP contribution in [0.25, 0.3) is 0 Å². The van der Waals surface area contributed by atoms with Crippen molar-refractivity contribution in [3.8, 4) is 0 Å². The number of amides is 1. The summed E-state index contributed by atoms with van der Waals surface area (Å²) in [5, 5.41) is 14.5. The van der Waals surface area contributed by atoms with Gasteiger partial charge in [-0.25, -0.2) is 0 Å². The van der Waals surface area contributed by atoms with Crippen molar-refractivity contribution in [1.82, 2.24) is 4.90 Å². The Kier molecular flexibility index (Phi) is 5.76. The summed E-state index contributed by atoms with van der Waals surface area (Å²) in [7, 11) is 0. The number of carbonyl (C=O) groups is 1. The molecule has 0 bridgehead atoms. The van der Waals surface area contributed by atoms with Gasteiger partial charge in [0.1, 0.15) is 5.69 Å². The zero-order chi connectivity index (χ0) is 17.7. The third-order valence-corrected chi connectivity index (χ3v) is 3.87. The summed E-state index contributed by atoms with van der Waals surface area (Å²) in [4.78, 5) is 25.0. The molecule has 2 aromatic carbocycles. The summed E-state index contributed by atoms with van der Waals surface area (Å²) in [6, 6.07) is 11.3. The van der Waals surface area contributed by atoms with Gasteiger partial charge in [-0.1, -0.05) is 23.7 Å². The second-order valence-corrected chi connectivity index (χ2v) is 5.50. The number of nitrogens with one attached hydrogen (secondary N) is 1. The van der Waals surface area contributed by atoms with Gasteiger partial charge >= 0.3 is 0 Å². The van der Waals surface area contributed by atoms with Crippen LogP contribution in [-0.4, -0.2) is 28.8 Å². The fraction of sp³-hybridized carbons (Fsp3) is 0.235. The Bertz CT molecular complexity index is 760. The molecule has 24 heavy (non-hydrogen) atoms. The van der Waals surface area contributed by atoms with E-state index in [0.29, 0.717) is 24.3 Å². The van der Waals surface area contributed by atoms with E-state index in [-0.39, 0.29) is 22.3 Å². The summed E-state index contributed by atoms with van der Waals surface area (Å²) in [5.41, 5.74) is 1.11. The minimum Gasteiger partial charge on any atom is -0.349 e. The molecule has 0 aromatic heterocycles. The van der Waals surface area contributed by atoms with E-state index in [1.54, 1.807) is 35.2 Å². The average molecular weight is 348 g/mol. The fourth-order valence-electron chi connectivity index (χ4n) is 2.37. The van der Waals surface area contributed by atoms with Crippen LogP contribution in [0.1, 0.15) is 24.2 Å². The molecule has 0 spiro atoms. The van der Waals surface area contributed by atoms with Crippen molar-refractivity contribution >= 4 is 34.6 Å². The molecule has 0 aliphatic carbocycles. The molecule has 0 fully saturated rings. The van der Waals surface area contributed by atoms with E-state index in [9.17, 15) is 14.9 Å². The van der Waals surface area contributed by atoms with Crippen LogP contribution in [0.3, 0.4) is 0 Å². The number of benzene rings is 2. The molecule has 1 N–H and O–H groups in total. The van der Waals surface area contributed by atoms with Gasteiger partial charge in [0.05, 0.1) is 16.2 Å². The molecule has 0 saturated heterocycles. The Balaban J connectivity index is 2.42. The molecule has 7 heteroatoms. The number of nitrogens with zero attached hydrogens (tertiary/aromatic N) is 2. The van der Waals surface area contributed by atoms with Crippen molar-refractivity contribution in [2.75, 3.05) is 18.4 Å². The zero-order valence-electron chi connectivity index (χ0n) is 13.5. The van der Waals surface area contributed by atoms with Gasteiger partial charge in [-0.3, -0.25) is 14.9 Å². The molecule has 126 valence electrons. The topological polar surface area (TPSA) is 75.5 Å². The van der Waals surface area contributed by atoms with Gasteiger partial charge in [0.15, 0.2) is 0 Å². The van der Waals surface area contributed by atoms with Crippen LogP contribution in [0.5, 0.6) is 0 Å². The van der Waals surface area contributed by atoms with Crippen molar-refractivity contribution < 1.29 is 9.72 Å². The third-order valence-electron chi connectivity index (χ3n) is 3.63. The van der Waals surface area contributed by atoms with Crippen LogP contribution >= 0.6 is 11.6 Å². The Morgan fingerprint density at radius 2 is 1.83 bits per heavy atom. The first kappa shape index (κ1) is 17.7. The lowest BCUT2D eigenvalue weighted by atomic mass is 10.1. The van der Waals surface area contributed by atoms with Crippen LogP contribution in [0.15, 0.2) is 42.5 Å². The second kappa shape index (κ2) is 7.79. The molecular formula is C17H18ClN3O3. The number of hydrogen-bond donors (Lipinski definition) is 1. The number of halogens is 1. The minimum atomic E-state index is -0.511. The fourth-order valence-corrected chi connectivity index (χ4v) is 2.53. The van der Waals surface area contributed by atoms with E-state index < -0.39 is 4.92 Å². The maximum Gasteiger partial charge on any atom is 0.294 e. The Morgan fingerprint density at radius 3 is 2.46 bits per heavy atom. The van der Waals surface area contributed by atoms with Gasteiger partial charge < -0.3 is 10.2 Å². The molecule has 0 aliphatic heterocycles. The van der Waals surface area contributed by atoms with Gasteiger partial charge in [-0.05, 0) is 38.1 Å². The number of carbonyl (C=O) groups excluding carboxylic acids is 1. The van der Waals surface area contributed by atoms with Gasteiger partial charge in [0.25, 0.3) is 11.6 Å². The van der Waals surface area contributed by atoms with Crippen molar-refractivity contribution in [1.29, 1.82) is 0 Å². The highest BCUT2D eigenvalue weighted by atomic mass is 35.5. The van der Waals surface area contributed by atoms with E-state index in [0.717, 1.165) is 0 Å². The lowest BCUT2D eigenvalue weighted by molar-refractivity contribution is -0.383. The molecule has 0 unspecified atom stereocenters. The SMILES string of the molecule is CCN(CC)C(=O)c1ccccc1Nc1ccc(Cl)cc1[N+](=O)[O-]. The zero-order valence-corrected chi connectivity index (χ0v) is 14.2. The Labute approximate surface area is 145 Å². The predicted octanol–water partition coefficient (Wildman–Crippen LogP) is 4.47. The number of hydrogen-bond acceptors (Lipinski definition) is 4. The molecule has 0 aliphatic rings. The highest BCUT2D eigenvalue weighted by Gasteiger charge is 2.19. The average Bonchev–Trinajstić information content (AvgIpc) is 2.57. The number of nitro benzene ring substituents is 1. The lowest BCUT2D eigenvalue weighted by Crippen LogP contribution is -2.30. The van der Waals surface area contributed by atoms with Crippen molar-refractivity contribution in [3.05, 3.63) is 63.2 Å². The standard InChI is InChI=1S/C17H18ClN3O3/c1-3-20(4-2)17(22)13-7-5-6-8-14(13)19-15-10-9-12(18)11-16(15)21(23)24/h5-11,19H,3-4H2,1-2H3. The Hall–Kier alpha value is -2.60. The molecule has 0 radical (unpaired) electrons. The number of anilines is 2. The summed E-state index contributed by atoms with van der Waals surface area (Å²) >= 11 is 5.83. The van der Waals surface area contributed by atoms with Gasteiger partial charge in [0.2, 0.25) is 0 Å². The third kappa shape index (κ3) is 3.83. The summed E-state index contributed by atoms with van der Waals surface area (Å²) < 4.78 is 0. The molecule has 6 nitrogen and oxygen atoms in total. The number of para-hydroxylation sites is 1. The smallest absolute Gasteiger partial charge is 0.294 e. The van der Waals surface area contributed by atoms with Gasteiger partial charge in [0, 0.05) is 24.2 Å². The molecular weight excluding hydrogens is 330 g/mol. The molecule has 1 amide bonds. The largest absolute Gasteiger partial charge is 0.349 e. The summed E-state index contributed by atoms with van der Waals surface area (Å²) in [5.74, 6) is -0.125. The number of nitro groups is 1. The lowest BCUT2D eigenvalue weighted by Gasteiger charge is -2.20.